The van der Waals surface area contributed by atoms with Crippen molar-refractivity contribution in [3.05, 3.63) is 29.6 Å². The van der Waals surface area contributed by atoms with E-state index in [1.807, 2.05) is 0 Å². The number of rotatable bonds is 4. The molecule has 0 aliphatic carbocycles. The van der Waals surface area contributed by atoms with Crippen LogP contribution in [0.25, 0.3) is 0 Å². The van der Waals surface area contributed by atoms with Gasteiger partial charge in [0, 0.05) is 12.2 Å². The predicted octanol–water partition coefficient (Wildman–Crippen LogP) is 2.11. The summed E-state index contributed by atoms with van der Waals surface area (Å²) in [5.74, 6) is -0.491. The number of esters is 1. The fourth-order valence-electron chi connectivity index (χ4n) is 1.17. The summed E-state index contributed by atoms with van der Waals surface area (Å²) in [7, 11) is 1.35. The average molecular weight is 211 g/mol. The van der Waals surface area contributed by atoms with E-state index in [0.717, 1.165) is 5.69 Å². The molecule has 82 valence electrons. The van der Waals surface area contributed by atoms with Gasteiger partial charge in [-0.3, -0.25) is 4.79 Å². The highest BCUT2D eigenvalue weighted by molar-refractivity contribution is 5.69. The van der Waals surface area contributed by atoms with E-state index in [9.17, 15) is 9.18 Å². The van der Waals surface area contributed by atoms with Gasteiger partial charge in [0.1, 0.15) is 5.82 Å². The molecule has 1 rings (SSSR count). The Morgan fingerprint density at radius 1 is 1.53 bits per heavy atom. The van der Waals surface area contributed by atoms with Gasteiger partial charge >= 0.3 is 5.97 Å². The van der Waals surface area contributed by atoms with Gasteiger partial charge < -0.3 is 10.1 Å². The molecular weight excluding hydrogens is 197 g/mol. The standard InChI is InChI=1S/C11H14FNO2/c1-8-7-9(3-4-10(8)12)13-6-5-11(14)15-2/h3-4,7,13H,5-6H2,1-2H3. The second-order valence-electron chi connectivity index (χ2n) is 3.22. The zero-order chi connectivity index (χ0) is 11.3. The number of hydrogen-bond donors (Lipinski definition) is 1. The van der Waals surface area contributed by atoms with Crippen molar-refractivity contribution in [3.8, 4) is 0 Å². The monoisotopic (exact) mass is 211 g/mol. The number of benzene rings is 1. The van der Waals surface area contributed by atoms with Crippen LogP contribution in [0.4, 0.5) is 10.1 Å². The van der Waals surface area contributed by atoms with Crippen LogP contribution in [-0.2, 0) is 9.53 Å². The largest absolute Gasteiger partial charge is 0.469 e. The first kappa shape index (κ1) is 11.5. The van der Waals surface area contributed by atoms with Crippen LogP contribution in [0, 0.1) is 12.7 Å². The molecule has 0 saturated heterocycles. The van der Waals surface area contributed by atoms with Crippen molar-refractivity contribution in [2.24, 2.45) is 0 Å². The number of ether oxygens (including phenoxy) is 1. The van der Waals surface area contributed by atoms with Crippen molar-refractivity contribution in [1.29, 1.82) is 0 Å². The first-order chi connectivity index (χ1) is 7.13. The molecule has 15 heavy (non-hydrogen) atoms. The molecule has 1 aromatic carbocycles. The van der Waals surface area contributed by atoms with Crippen molar-refractivity contribution in [3.63, 3.8) is 0 Å². The molecular formula is C11H14FNO2. The van der Waals surface area contributed by atoms with Gasteiger partial charge in [-0.05, 0) is 30.7 Å². The van der Waals surface area contributed by atoms with Crippen molar-refractivity contribution in [2.75, 3.05) is 19.0 Å². The van der Waals surface area contributed by atoms with Gasteiger partial charge in [-0.1, -0.05) is 0 Å². The third kappa shape index (κ3) is 3.58. The quantitative estimate of drug-likeness (QED) is 0.775. The maximum absolute atomic E-state index is 12.9. The van der Waals surface area contributed by atoms with E-state index in [2.05, 4.69) is 10.1 Å². The summed E-state index contributed by atoms with van der Waals surface area (Å²) >= 11 is 0. The number of nitrogens with one attached hydrogen (secondary N) is 1. The van der Waals surface area contributed by atoms with Crippen LogP contribution in [-0.4, -0.2) is 19.6 Å². The summed E-state index contributed by atoms with van der Waals surface area (Å²) in [5, 5.41) is 3.01. The van der Waals surface area contributed by atoms with E-state index in [4.69, 9.17) is 0 Å². The Hall–Kier alpha value is -1.58. The zero-order valence-electron chi connectivity index (χ0n) is 8.84. The summed E-state index contributed by atoms with van der Waals surface area (Å²) in [6.07, 6.45) is 0.299. The van der Waals surface area contributed by atoms with Crippen LogP contribution in [0.5, 0.6) is 0 Å². The Balaban J connectivity index is 2.44. The summed E-state index contributed by atoms with van der Waals surface area (Å²) in [6, 6.07) is 4.74. The van der Waals surface area contributed by atoms with Crippen molar-refractivity contribution < 1.29 is 13.9 Å². The second-order valence-corrected chi connectivity index (χ2v) is 3.22. The number of aryl methyl sites for hydroxylation is 1. The Morgan fingerprint density at radius 3 is 2.87 bits per heavy atom. The van der Waals surface area contributed by atoms with Crippen LogP contribution in [0.2, 0.25) is 0 Å². The highest BCUT2D eigenvalue weighted by atomic mass is 19.1. The molecule has 0 atom stereocenters. The molecule has 0 saturated carbocycles. The predicted molar refractivity (Wildman–Crippen MR) is 56.3 cm³/mol. The van der Waals surface area contributed by atoms with Crippen molar-refractivity contribution in [2.45, 2.75) is 13.3 Å². The third-order valence-corrected chi connectivity index (χ3v) is 2.04. The van der Waals surface area contributed by atoms with Gasteiger partial charge in [-0.25, -0.2) is 4.39 Å². The molecule has 0 bridgehead atoms. The zero-order valence-corrected chi connectivity index (χ0v) is 8.84. The number of hydrogen-bond acceptors (Lipinski definition) is 3. The molecule has 0 aliphatic rings. The Bertz CT molecular complexity index is 352. The van der Waals surface area contributed by atoms with E-state index in [1.165, 1.54) is 13.2 Å². The molecule has 0 fully saturated rings. The van der Waals surface area contributed by atoms with E-state index in [-0.39, 0.29) is 11.8 Å². The molecule has 0 spiro atoms. The lowest BCUT2D eigenvalue weighted by Crippen LogP contribution is -2.09. The summed E-state index contributed by atoms with van der Waals surface area (Å²) < 4.78 is 17.4. The lowest BCUT2D eigenvalue weighted by Gasteiger charge is -2.06. The fraction of sp³-hybridized carbons (Fsp3) is 0.364. The molecule has 0 unspecified atom stereocenters. The van der Waals surface area contributed by atoms with Gasteiger partial charge in [0.2, 0.25) is 0 Å². The minimum atomic E-state index is -0.263. The minimum absolute atomic E-state index is 0.228. The van der Waals surface area contributed by atoms with E-state index >= 15 is 0 Å². The lowest BCUT2D eigenvalue weighted by molar-refractivity contribution is -0.140. The molecule has 3 nitrogen and oxygen atoms in total. The molecule has 0 heterocycles. The van der Waals surface area contributed by atoms with Gasteiger partial charge in [0.05, 0.1) is 13.5 Å². The highest BCUT2D eigenvalue weighted by Gasteiger charge is 2.01. The van der Waals surface area contributed by atoms with E-state index in [1.54, 1.807) is 19.1 Å². The van der Waals surface area contributed by atoms with E-state index in [0.29, 0.717) is 18.5 Å². The van der Waals surface area contributed by atoms with E-state index < -0.39 is 0 Å². The summed E-state index contributed by atoms with van der Waals surface area (Å²) in [4.78, 5) is 10.8. The smallest absolute Gasteiger partial charge is 0.307 e. The van der Waals surface area contributed by atoms with Crippen molar-refractivity contribution in [1.82, 2.24) is 0 Å². The minimum Gasteiger partial charge on any atom is -0.469 e. The second kappa shape index (κ2) is 5.34. The highest BCUT2D eigenvalue weighted by Crippen LogP contribution is 2.13. The van der Waals surface area contributed by atoms with Crippen molar-refractivity contribution >= 4 is 11.7 Å². The lowest BCUT2D eigenvalue weighted by atomic mass is 10.2. The normalized spacial score (nSPS) is 9.80. The first-order valence-corrected chi connectivity index (χ1v) is 4.70. The Labute approximate surface area is 88.2 Å². The SMILES string of the molecule is COC(=O)CCNc1ccc(F)c(C)c1. The van der Waals surface area contributed by atoms with Crippen LogP contribution >= 0.6 is 0 Å². The van der Waals surface area contributed by atoms with Gasteiger partial charge in [0.15, 0.2) is 0 Å². The van der Waals surface area contributed by atoms with Crippen LogP contribution < -0.4 is 5.32 Å². The molecule has 1 N–H and O–H groups in total. The van der Waals surface area contributed by atoms with Gasteiger partial charge in [-0.15, -0.1) is 0 Å². The average Bonchev–Trinajstić information content (AvgIpc) is 2.23. The first-order valence-electron chi connectivity index (χ1n) is 4.70. The topological polar surface area (TPSA) is 38.3 Å². The number of carbonyl (C=O) groups is 1. The van der Waals surface area contributed by atoms with Crippen LogP contribution in [0.15, 0.2) is 18.2 Å². The molecule has 0 aliphatic heterocycles. The Kier molecular flexibility index (Phi) is 4.09. The number of methoxy groups -OCH3 is 1. The maximum Gasteiger partial charge on any atom is 0.307 e. The number of anilines is 1. The summed E-state index contributed by atoms with van der Waals surface area (Å²) in [6.45, 7) is 2.18. The fourth-order valence-corrected chi connectivity index (χ4v) is 1.17. The molecule has 4 heteroatoms. The molecule has 0 radical (unpaired) electrons. The van der Waals surface area contributed by atoms with Crippen LogP contribution in [0.1, 0.15) is 12.0 Å². The Morgan fingerprint density at radius 2 is 2.27 bits per heavy atom. The van der Waals surface area contributed by atoms with Gasteiger partial charge in [0.25, 0.3) is 0 Å². The summed E-state index contributed by atoms with van der Waals surface area (Å²) in [5.41, 5.74) is 1.39. The molecule has 1 aromatic rings. The maximum atomic E-state index is 12.9. The number of carbonyl (C=O) groups excluding carboxylic acids is 1. The molecule has 0 amide bonds. The third-order valence-electron chi connectivity index (χ3n) is 2.04. The number of halogens is 1. The van der Waals surface area contributed by atoms with Gasteiger partial charge in [-0.2, -0.15) is 0 Å². The van der Waals surface area contributed by atoms with Crippen LogP contribution in [0.3, 0.4) is 0 Å². The molecule has 0 aromatic heterocycles.